The lowest BCUT2D eigenvalue weighted by atomic mass is 10.3. The average Bonchev–Trinajstić information content (AvgIpc) is 2.26. The van der Waals surface area contributed by atoms with Gasteiger partial charge in [-0.05, 0) is 13.3 Å². The van der Waals surface area contributed by atoms with Crippen LogP contribution in [0.1, 0.15) is 19.8 Å². The van der Waals surface area contributed by atoms with E-state index in [1.165, 1.54) is 12.4 Å². The molecule has 5 heteroatoms. The monoisotopic (exact) mass is 209 g/mol. The van der Waals surface area contributed by atoms with Gasteiger partial charge >= 0.3 is 0 Å². The van der Waals surface area contributed by atoms with Gasteiger partial charge in [-0.25, -0.2) is 4.98 Å². The number of hydrogen-bond acceptors (Lipinski definition) is 4. The van der Waals surface area contributed by atoms with Crippen molar-refractivity contribution in [3.05, 3.63) is 18.6 Å². The highest BCUT2D eigenvalue weighted by atomic mass is 16.5. The number of amides is 1. The van der Waals surface area contributed by atoms with Crippen LogP contribution in [0, 0.1) is 0 Å². The number of rotatable bonds is 6. The molecule has 0 saturated heterocycles. The molecule has 0 aliphatic heterocycles. The highest BCUT2D eigenvalue weighted by Crippen LogP contribution is 1.99. The fraction of sp³-hybridized carbons (Fsp3) is 0.500. The zero-order valence-corrected chi connectivity index (χ0v) is 8.77. The molecule has 0 radical (unpaired) electrons. The molecule has 0 atom stereocenters. The van der Waals surface area contributed by atoms with Gasteiger partial charge in [0.1, 0.15) is 0 Å². The molecule has 1 aromatic heterocycles. The molecule has 1 heterocycles. The van der Waals surface area contributed by atoms with Gasteiger partial charge in [-0.2, -0.15) is 0 Å². The van der Waals surface area contributed by atoms with Gasteiger partial charge in [-0.3, -0.25) is 9.78 Å². The number of carbonyl (C=O) groups excluding carboxylic acids is 1. The lowest BCUT2D eigenvalue weighted by Gasteiger charge is -2.03. The predicted molar refractivity (Wildman–Crippen MR) is 56.4 cm³/mol. The molecular formula is C10H15N3O2. The van der Waals surface area contributed by atoms with Crippen LogP contribution < -0.4 is 5.32 Å². The Balaban J connectivity index is 2.19. The van der Waals surface area contributed by atoms with Gasteiger partial charge in [-0.1, -0.05) is 0 Å². The lowest BCUT2D eigenvalue weighted by molar-refractivity contribution is -0.116. The average molecular weight is 209 g/mol. The van der Waals surface area contributed by atoms with E-state index in [1.54, 1.807) is 6.20 Å². The fourth-order valence-corrected chi connectivity index (χ4v) is 1.05. The molecule has 5 nitrogen and oxygen atoms in total. The summed E-state index contributed by atoms with van der Waals surface area (Å²) in [6.07, 6.45) is 5.78. The van der Waals surface area contributed by atoms with Crippen molar-refractivity contribution in [1.82, 2.24) is 9.97 Å². The molecule has 0 saturated carbocycles. The van der Waals surface area contributed by atoms with Crippen LogP contribution in [0.2, 0.25) is 0 Å². The maximum Gasteiger partial charge on any atom is 0.225 e. The Hall–Kier alpha value is -1.49. The van der Waals surface area contributed by atoms with E-state index < -0.39 is 0 Å². The van der Waals surface area contributed by atoms with Gasteiger partial charge < -0.3 is 10.1 Å². The van der Waals surface area contributed by atoms with Crippen LogP contribution in [0.15, 0.2) is 18.6 Å². The minimum atomic E-state index is -0.0600. The van der Waals surface area contributed by atoms with Crippen molar-refractivity contribution in [2.75, 3.05) is 18.5 Å². The number of ether oxygens (including phenoxy) is 1. The third-order valence-electron chi connectivity index (χ3n) is 1.73. The zero-order valence-electron chi connectivity index (χ0n) is 8.77. The molecule has 1 aromatic rings. The van der Waals surface area contributed by atoms with Gasteiger partial charge in [0.2, 0.25) is 5.91 Å². The van der Waals surface area contributed by atoms with E-state index in [2.05, 4.69) is 15.3 Å². The summed E-state index contributed by atoms with van der Waals surface area (Å²) in [7, 11) is 0. The number of anilines is 1. The molecular weight excluding hydrogens is 194 g/mol. The molecule has 0 aliphatic carbocycles. The van der Waals surface area contributed by atoms with Gasteiger partial charge in [0.25, 0.3) is 0 Å². The Bertz CT molecular complexity index is 290. The summed E-state index contributed by atoms with van der Waals surface area (Å²) in [5.74, 6) is 0.425. The molecule has 82 valence electrons. The van der Waals surface area contributed by atoms with Gasteiger partial charge in [0.15, 0.2) is 5.82 Å². The van der Waals surface area contributed by atoms with Crippen LogP contribution in [0.5, 0.6) is 0 Å². The predicted octanol–water partition coefficient (Wildman–Crippen LogP) is 1.23. The Morgan fingerprint density at radius 1 is 1.53 bits per heavy atom. The molecule has 1 amide bonds. The van der Waals surface area contributed by atoms with E-state index in [0.717, 1.165) is 6.42 Å². The molecule has 15 heavy (non-hydrogen) atoms. The van der Waals surface area contributed by atoms with Crippen LogP contribution in [0.3, 0.4) is 0 Å². The zero-order chi connectivity index (χ0) is 10.9. The normalized spacial score (nSPS) is 9.93. The maximum absolute atomic E-state index is 11.3. The first-order chi connectivity index (χ1) is 7.33. The van der Waals surface area contributed by atoms with Crippen molar-refractivity contribution in [2.24, 2.45) is 0 Å². The second-order valence-corrected chi connectivity index (χ2v) is 2.94. The first kappa shape index (κ1) is 11.6. The van der Waals surface area contributed by atoms with E-state index in [4.69, 9.17) is 4.74 Å². The maximum atomic E-state index is 11.3. The Morgan fingerprint density at radius 3 is 3.07 bits per heavy atom. The van der Waals surface area contributed by atoms with Crippen molar-refractivity contribution in [3.8, 4) is 0 Å². The summed E-state index contributed by atoms with van der Waals surface area (Å²) < 4.78 is 5.13. The number of nitrogens with one attached hydrogen (secondary N) is 1. The van der Waals surface area contributed by atoms with Gasteiger partial charge in [0.05, 0.1) is 6.20 Å². The van der Waals surface area contributed by atoms with E-state index in [9.17, 15) is 4.79 Å². The van der Waals surface area contributed by atoms with Crippen LogP contribution >= 0.6 is 0 Å². The first-order valence-electron chi connectivity index (χ1n) is 4.96. The third-order valence-corrected chi connectivity index (χ3v) is 1.73. The Kier molecular flexibility index (Phi) is 5.32. The topological polar surface area (TPSA) is 64.1 Å². The van der Waals surface area contributed by atoms with E-state index in [-0.39, 0.29) is 5.91 Å². The molecule has 0 spiro atoms. The lowest BCUT2D eigenvalue weighted by Crippen LogP contribution is -2.13. The van der Waals surface area contributed by atoms with Crippen molar-refractivity contribution >= 4 is 11.7 Å². The number of hydrogen-bond donors (Lipinski definition) is 1. The van der Waals surface area contributed by atoms with Crippen molar-refractivity contribution < 1.29 is 9.53 Å². The highest BCUT2D eigenvalue weighted by molar-refractivity contribution is 5.89. The molecule has 0 bridgehead atoms. The second-order valence-electron chi connectivity index (χ2n) is 2.94. The molecule has 1 rings (SSSR count). The van der Waals surface area contributed by atoms with E-state index in [1.807, 2.05) is 6.92 Å². The molecule has 0 aliphatic rings. The summed E-state index contributed by atoms with van der Waals surface area (Å²) in [5.41, 5.74) is 0. The largest absolute Gasteiger partial charge is 0.382 e. The SMILES string of the molecule is CCOCCCC(=O)Nc1cnccn1. The molecule has 1 N–H and O–H groups in total. The molecule has 0 aromatic carbocycles. The van der Waals surface area contributed by atoms with E-state index >= 15 is 0 Å². The molecule has 0 unspecified atom stereocenters. The quantitative estimate of drug-likeness (QED) is 0.716. The van der Waals surface area contributed by atoms with Crippen LogP contribution in [-0.2, 0) is 9.53 Å². The fourth-order valence-electron chi connectivity index (χ4n) is 1.05. The standard InChI is InChI=1S/C10H15N3O2/c1-2-15-7-3-4-10(14)13-9-8-11-5-6-12-9/h5-6,8H,2-4,7H2,1H3,(H,12,13,14). The summed E-state index contributed by atoms with van der Waals surface area (Å²) in [5, 5.41) is 2.65. The third kappa shape index (κ3) is 5.07. The van der Waals surface area contributed by atoms with Crippen LogP contribution in [-0.4, -0.2) is 29.1 Å². The van der Waals surface area contributed by atoms with Crippen LogP contribution in [0.4, 0.5) is 5.82 Å². The van der Waals surface area contributed by atoms with Crippen molar-refractivity contribution in [1.29, 1.82) is 0 Å². The minimum Gasteiger partial charge on any atom is -0.382 e. The van der Waals surface area contributed by atoms with Crippen LogP contribution in [0.25, 0.3) is 0 Å². The first-order valence-corrected chi connectivity index (χ1v) is 4.96. The van der Waals surface area contributed by atoms with Crippen molar-refractivity contribution in [3.63, 3.8) is 0 Å². The Morgan fingerprint density at radius 2 is 2.40 bits per heavy atom. The number of carbonyl (C=O) groups is 1. The van der Waals surface area contributed by atoms with E-state index in [0.29, 0.717) is 25.5 Å². The van der Waals surface area contributed by atoms with Gasteiger partial charge in [0, 0.05) is 32.0 Å². The minimum absolute atomic E-state index is 0.0600. The summed E-state index contributed by atoms with van der Waals surface area (Å²) in [6, 6.07) is 0. The molecule has 0 fully saturated rings. The smallest absolute Gasteiger partial charge is 0.225 e. The van der Waals surface area contributed by atoms with Crippen molar-refractivity contribution in [2.45, 2.75) is 19.8 Å². The number of nitrogens with zero attached hydrogens (tertiary/aromatic N) is 2. The Labute approximate surface area is 88.9 Å². The number of aromatic nitrogens is 2. The van der Waals surface area contributed by atoms with Gasteiger partial charge in [-0.15, -0.1) is 0 Å². The summed E-state index contributed by atoms with van der Waals surface area (Å²) >= 11 is 0. The summed E-state index contributed by atoms with van der Waals surface area (Å²) in [4.78, 5) is 19.1. The highest BCUT2D eigenvalue weighted by Gasteiger charge is 2.02. The second kappa shape index (κ2) is 6.89. The summed E-state index contributed by atoms with van der Waals surface area (Å²) in [6.45, 7) is 3.23.